The van der Waals surface area contributed by atoms with Crippen molar-refractivity contribution >= 4 is 17.3 Å². The molecule has 3 aromatic carbocycles. The van der Waals surface area contributed by atoms with Gasteiger partial charge in [-0.15, -0.1) is 0 Å². The number of carbonyl (C=O) groups excluding carboxylic acids is 1. The van der Waals surface area contributed by atoms with Crippen LogP contribution in [0.1, 0.15) is 41.6 Å². The third kappa shape index (κ3) is 5.58. The van der Waals surface area contributed by atoms with Crippen LogP contribution in [0.3, 0.4) is 0 Å². The van der Waals surface area contributed by atoms with E-state index in [1.165, 1.54) is 11.6 Å². The lowest BCUT2D eigenvalue weighted by Gasteiger charge is -2.36. The van der Waals surface area contributed by atoms with Gasteiger partial charge >= 0.3 is 0 Å². The van der Waals surface area contributed by atoms with E-state index in [-0.39, 0.29) is 24.3 Å². The number of para-hydroxylation sites is 1. The van der Waals surface area contributed by atoms with Crippen molar-refractivity contribution in [3.8, 4) is 5.75 Å². The number of benzene rings is 3. The molecule has 6 nitrogen and oxygen atoms in total. The molecule has 7 heteroatoms. The summed E-state index contributed by atoms with van der Waals surface area (Å²) in [5.41, 5.74) is 6.01. The number of hydrazone groups is 1. The van der Waals surface area contributed by atoms with Crippen LogP contribution in [0.5, 0.6) is 5.75 Å². The molecule has 1 fully saturated rings. The predicted molar refractivity (Wildman–Crippen MR) is 149 cm³/mol. The lowest BCUT2D eigenvalue weighted by Crippen LogP contribution is -2.49. The highest BCUT2D eigenvalue weighted by atomic mass is 19.1. The standard InChI is InChI=1S/C31H35FN4O2/c1-4-38-25-13-11-24(12-14-25)30-20-28(26-19-22(2)9-10-23(26)3)33-36(30)31(37)21-34-15-17-35(18-16-34)29-8-6-5-7-27(29)32/h5-14,19,30H,4,15-18,20-21H2,1-3H3/t30-/m0/s1. The minimum absolute atomic E-state index is 0.0245. The molecule has 2 aliphatic rings. The minimum Gasteiger partial charge on any atom is -0.494 e. The number of carbonyl (C=O) groups is 1. The number of rotatable bonds is 7. The average molecular weight is 515 g/mol. The Morgan fingerprint density at radius 1 is 1.00 bits per heavy atom. The second-order valence-electron chi connectivity index (χ2n) is 10.0. The zero-order chi connectivity index (χ0) is 26.6. The zero-order valence-corrected chi connectivity index (χ0v) is 22.4. The summed E-state index contributed by atoms with van der Waals surface area (Å²) in [5, 5.41) is 6.58. The molecule has 198 valence electrons. The van der Waals surface area contributed by atoms with Gasteiger partial charge in [-0.25, -0.2) is 9.40 Å². The van der Waals surface area contributed by atoms with E-state index in [9.17, 15) is 9.18 Å². The Hall–Kier alpha value is -3.71. The van der Waals surface area contributed by atoms with E-state index in [4.69, 9.17) is 9.84 Å². The van der Waals surface area contributed by atoms with E-state index in [1.54, 1.807) is 11.1 Å². The molecule has 3 aromatic rings. The maximum atomic E-state index is 14.2. The summed E-state index contributed by atoms with van der Waals surface area (Å²) in [5.74, 6) is 0.583. The molecule has 1 saturated heterocycles. The van der Waals surface area contributed by atoms with Gasteiger partial charge in [-0.05, 0) is 62.2 Å². The number of ether oxygens (including phenoxy) is 1. The number of nitrogens with zero attached hydrogens (tertiary/aromatic N) is 4. The monoisotopic (exact) mass is 514 g/mol. The van der Waals surface area contributed by atoms with Crippen molar-refractivity contribution in [3.05, 3.63) is 94.8 Å². The smallest absolute Gasteiger partial charge is 0.257 e. The number of anilines is 1. The molecular formula is C31H35FN4O2. The molecule has 0 N–H and O–H groups in total. The summed E-state index contributed by atoms with van der Waals surface area (Å²) >= 11 is 0. The van der Waals surface area contributed by atoms with Gasteiger partial charge in [0.15, 0.2) is 0 Å². The summed E-state index contributed by atoms with van der Waals surface area (Å²) in [7, 11) is 0. The third-order valence-corrected chi connectivity index (χ3v) is 7.37. The highest BCUT2D eigenvalue weighted by Crippen LogP contribution is 2.34. The third-order valence-electron chi connectivity index (χ3n) is 7.37. The Balaban J connectivity index is 1.33. The first-order valence-corrected chi connectivity index (χ1v) is 13.3. The van der Waals surface area contributed by atoms with Crippen LogP contribution in [0.25, 0.3) is 0 Å². The van der Waals surface area contributed by atoms with Crippen molar-refractivity contribution in [2.45, 2.75) is 33.2 Å². The average Bonchev–Trinajstić information content (AvgIpc) is 3.37. The van der Waals surface area contributed by atoms with E-state index in [0.29, 0.717) is 44.9 Å². The van der Waals surface area contributed by atoms with Gasteiger partial charge in [-0.3, -0.25) is 9.69 Å². The zero-order valence-electron chi connectivity index (χ0n) is 22.4. The molecule has 1 atom stereocenters. The molecule has 38 heavy (non-hydrogen) atoms. The number of halogens is 1. The van der Waals surface area contributed by atoms with Crippen LogP contribution in [0, 0.1) is 19.7 Å². The van der Waals surface area contributed by atoms with Crippen LogP contribution in [0.2, 0.25) is 0 Å². The second-order valence-corrected chi connectivity index (χ2v) is 10.0. The topological polar surface area (TPSA) is 48.4 Å². The van der Waals surface area contributed by atoms with Gasteiger partial charge in [-0.1, -0.05) is 42.0 Å². The summed E-state index contributed by atoms with van der Waals surface area (Å²) in [6.45, 7) is 9.74. The Bertz CT molecular complexity index is 1320. The van der Waals surface area contributed by atoms with Crippen molar-refractivity contribution in [1.29, 1.82) is 0 Å². The van der Waals surface area contributed by atoms with Crippen LogP contribution in [0.15, 0.2) is 71.8 Å². The van der Waals surface area contributed by atoms with Crippen LogP contribution >= 0.6 is 0 Å². The number of hydrogen-bond acceptors (Lipinski definition) is 5. The number of aryl methyl sites for hydroxylation is 2. The molecule has 0 spiro atoms. The van der Waals surface area contributed by atoms with Crippen LogP contribution in [-0.2, 0) is 4.79 Å². The highest BCUT2D eigenvalue weighted by Gasteiger charge is 2.34. The Labute approximate surface area is 224 Å². The van der Waals surface area contributed by atoms with Gasteiger partial charge in [0.05, 0.1) is 30.6 Å². The van der Waals surface area contributed by atoms with E-state index >= 15 is 0 Å². The molecule has 5 rings (SSSR count). The maximum Gasteiger partial charge on any atom is 0.257 e. The molecular weight excluding hydrogens is 479 g/mol. The molecule has 0 unspecified atom stereocenters. The lowest BCUT2D eigenvalue weighted by molar-refractivity contribution is -0.134. The van der Waals surface area contributed by atoms with Crippen molar-refractivity contribution in [2.24, 2.45) is 5.10 Å². The molecule has 0 aromatic heterocycles. The fourth-order valence-corrected chi connectivity index (χ4v) is 5.28. The Morgan fingerprint density at radius 3 is 2.45 bits per heavy atom. The first kappa shape index (κ1) is 25.9. The van der Waals surface area contributed by atoms with Crippen molar-refractivity contribution < 1.29 is 13.9 Å². The molecule has 0 aliphatic carbocycles. The molecule has 1 amide bonds. The normalized spacial score (nSPS) is 18.0. The quantitative estimate of drug-likeness (QED) is 0.427. The molecule has 0 saturated carbocycles. The van der Waals surface area contributed by atoms with Crippen LogP contribution < -0.4 is 9.64 Å². The first-order valence-electron chi connectivity index (χ1n) is 13.3. The van der Waals surface area contributed by atoms with Crippen LogP contribution in [0.4, 0.5) is 10.1 Å². The van der Waals surface area contributed by atoms with Crippen molar-refractivity contribution in [2.75, 3.05) is 44.2 Å². The summed E-state index contributed by atoms with van der Waals surface area (Å²) in [6.07, 6.45) is 0.658. The summed E-state index contributed by atoms with van der Waals surface area (Å²) < 4.78 is 19.9. The van der Waals surface area contributed by atoms with Gasteiger partial charge in [-0.2, -0.15) is 5.10 Å². The predicted octanol–water partition coefficient (Wildman–Crippen LogP) is 5.34. The van der Waals surface area contributed by atoms with E-state index in [1.807, 2.05) is 48.2 Å². The highest BCUT2D eigenvalue weighted by molar-refractivity contribution is 6.04. The van der Waals surface area contributed by atoms with Gasteiger partial charge in [0.1, 0.15) is 11.6 Å². The van der Waals surface area contributed by atoms with E-state index in [2.05, 4.69) is 36.9 Å². The SMILES string of the molecule is CCOc1ccc([C@@H]2CC(c3cc(C)ccc3C)=NN2C(=O)CN2CCN(c3ccccc3F)CC2)cc1. The van der Waals surface area contributed by atoms with Crippen molar-refractivity contribution in [3.63, 3.8) is 0 Å². The van der Waals surface area contributed by atoms with Gasteiger partial charge in [0.25, 0.3) is 5.91 Å². The summed E-state index contributed by atoms with van der Waals surface area (Å²) in [4.78, 5) is 17.9. The second kappa shape index (κ2) is 11.4. The van der Waals surface area contributed by atoms with Gasteiger partial charge in [0, 0.05) is 38.2 Å². The number of hydrogen-bond donors (Lipinski definition) is 0. The van der Waals surface area contributed by atoms with E-state index < -0.39 is 0 Å². The molecule has 2 heterocycles. The first-order chi connectivity index (χ1) is 18.4. The van der Waals surface area contributed by atoms with Gasteiger partial charge < -0.3 is 9.64 Å². The van der Waals surface area contributed by atoms with Crippen molar-refractivity contribution in [1.82, 2.24) is 9.91 Å². The van der Waals surface area contributed by atoms with Crippen LogP contribution in [-0.4, -0.2) is 60.9 Å². The maximum absolute atomic E-state index is 14.2. The number of piperazine rings is 1. The van der Waals surface area contributed by atoms with E-state index in [0.717, 1.165) is 28.2 Å². The minimum atomic E-state index is -0.208. The molecule has 2 aliphatic heterocycles. The lowest BCUT2D eigenvalue weighted by atomic mass is 9.95. The molecule has 0 bridgehead atoms. The largest absolute Gasteiger partial charge is 0.494 e. The summed E-state index contributed by atoms with van der Waals surface area (Å²) in [6, 6.07) is 21.0. The van der Waals surface area contributed by atoms with Gasteiger partial charge in [0.2, 0.25) is 0 Å². The fraction of sp³-hybridized carbons (Fsp3) is 0.355. The Morgan fingerprint density at radius 2 is 1.74 bits per heavy atom. The number of amides is 1. The Kier molecular flexibility index (Phi) is 7.74. The fourth-order valence-electron chi connectivity index (χ4n) is 5.28. The molecule has 0 radical (unpaired) electrons.